The van der Waals surface area contributed by atoms with Crippen LogP contribution in [0, 0.1) is 157 Å². The summed E-state index contributed by atoms with van der Waals surface area (Å²) in [4.78, 5) is 33.1. The molecule has 0 amide bonds. The van der Waals surface area contributed by atoms with Crippen LogP contribution in [0.2, 0.25) is 0 Å². The molecule has 0 spiro atoms. The first-order valence-corrected chi connectivity index (χ1v) is 32.5. The largest absolute Gasteiger partial charge is 0.258 e. The minimum absolute atomic E-state index is 0.555. The number of benzene rings is 5. The normalized spacial score (nSPS) is 14.3. The highest BCUT2D eigenvalue weighted by Crippen LogP contribution is 2.49. The quantitative estimate of drug-likeness (QED) is 0.107. The van der Waals surface area contributed by atoms with Gasteiger partial charge in [-0.3, -0.25) is 15.0 Å². The molecule has 94 heavy (non-hydrogen) atoms. The second kappa shape index (κ2) is 31.2. The number of rotatable bonds is 0. The summed E-state index contributed by atoms with van der Waals surface area (Å²) in [6, 6.07) is 36.9. The lowest BCUT2D eigenvalue weighted by atomic mass is 9.64. The van der Waals surface area contributed by atoms with Crippen molar-refractivity contribution in [3.63, 3.8) is 0 Å². The lowest BCUT2D eigenvalue weighted by Gasteiger charge is -2.40. The first-order valence-electron chi connectivity index (χ1n) is 32.5. The monoisotopic (exact) mass is 1240 g/mol. The Morgan fingerprint density at radius 1 is 0.287 bits per heavy atom. The number of aromatic nitrogens is 10. The summed E-state index contributed by atoms with van der Waals surface area (Å²) in [5, 5.41) is 19.0. The standard InChI is InChI=1S/C21H14.C17H14.C9H13N.C8H12N2.2C8H11N.C7H10N2.C6H9N3/c1-13-11-12-19-17-9-3-6-14-5-2-8-16(20(14)17)18-10-4-7-15(13)21(18)19;1-11-5-6-14-8-7-12-3-2-4-13-9-10-15(11)17(14)16(12)13;1-6-5-7(2)10-9(4)8(6)3;1-5-6(2)8(4)10-9-7(5)3;2*1-6-4-7(2)9-8(3)5-6;1-5-4-6(2)9-7(3)8-5;1-4-7-5(2)9-6(3)8-4/h2-12H,1H3;2-10,16-17H,1H3;5H,1-4H3;1-4H3;2*4-5H,1-3H3;4H,1-3H3;1-3H3. The van der Waals surface area contributed by atoms with Gasteiger partial charge in [0.1, 0.15) is 23.3 Å². The average Bonchev–Trinajstić information content (AvgIpc) is 0.731. The van der Waals surface area contributed by atoms with Gasteiger partial charge < -0.3 is 0 Å². The number of nitrogens with zero attached hydrogens (tertiary/aromatic N) is 10. The zero-order valence-corrected chi connectivity index (χ0v) is 59.6. The second-order valence-electron chi connectivity index (χ2n) is 25.4. The molecule has 10 nitrogen and oxygen atoms in total. The summed E-state index contributed by atoms with van der Waals surface area (Å²) in [6.07, 6.45) is 20.4. The number of fused-ring (bicyclic) bond motifs is 2. The van der Waals surface area contributed by atoms with E-state index < -0.39 is 0 Å². The van der Waals surface area contributed by atoms with E-state index in [-0.39, 0.29) is 0 Å². The Morgan fingerprint density at radius 2 is 0.702 bits per heavy atom. The molecule has 0 radical (unpaired) electrons. The van der Waals surface area contributed by atoms with Crippen molar-refractivity contribution in [1.29, 1.82) is 0 Å². The van der Waals surface area contributed by atoms with Gasteiger partial charge in [0.15, 0.2) is 0 Å². The second-order valence-corrected chi connectivity index (χ2v) is 25.4. The zero-order chi connectivity index (χ0) is 68.2. The molecular weight excluding hydrogens is 1150 g/mol. The van der Waals surface area contributed by atoms with Crippen LogP contribution in [0.1, 0.15) is 126 Å². The third-order valence-electron chi connectivity index (χ3n) is 17.4. The Hall–Kier alpha value is -9.80. The summed E-state index contributed by atoms with van der Waals surface area (Å²) in [5.41, 5.74) is 27.2. The minimum atomic E-state index is 0.555. The van der Waals surface area contributed by atoms with Gasteiger partial charge in [0, 0.05) is 57.4 Å². The maximum Gasteiger partial charge on any atom is 0.129 e. The van der Waals surface area contributed by atoms with Gasteiger partial charge in [0.25, 0.3) is 0 Å². The number of allylic oxidation sites excluding steroid dienone is 14. The third kappa shape index (κ3) is 17.7. The molecule has 6 aromatic heterocycles. The van der Waals surface area contributed by atoms with Crippen molar-refractivity contribution in [1.82, 2.24) is 50.1 Å². The molecule has 2 atom stereocenters. The summed E-state index contributed by atoms with van der Waals surface area (Å²) < 4.78 is 0. The van der Waals surface area contributed by atoms with Gasteiger partial charge in [0.2, 0.25) is 0 Å². The smallest absolute Gasteiger partial charge is 0.129 e. The molecule has 11 aromatic rings. The van der Waals surface area contributed by atoms with Crippen molar-refractivity contribution in [2.75, 3.05) is 0 Å². The average molecular weight is 1240 g/mol. The lowest BCUT2D eigenvalue weighted by molar-refractivity contribution is 0.560. The summed E-state index contributed by atoms with van der Waals surface area (Å²) in [6.45, 7) is 44.5. The first kappa shape index (κ1) is 70.1. The SMILES string of the molecule is CC1=C2C=CC3=CC=CC4=CC=C(C=C1)C2C34.Cc1cc(C)c(C)c(C)n1.Cc1cc(C)nc(C)c1.Cc1cc(C)nc(C)c1.Cc1cc(C)nc(C)n1.Cc1ccc2c3cccc4cccc(c5cccc1c52)c43.Cc1nc(C)nc(C)n1.Cc1nnc(C)c(C)c1C. The van der Waals surface area contributed by atoms with E-state index in [9.17, 15) is 0 Å². The minimum Gasteiger partial charge on any atom is -0.258 e. The molecule has 4 aliphatic carbocycles. The van der Waals surface area contributed by atoms with E-state index >= 15 is 0 Å². The Bertz CT molecular complexity index is 4320. The van der Waals surface area contributed by atoms with Gasteiger partial charge in [-0.1, -0.05) is 121 Å². The van der Waals surface area contributed by atoms with Gasteiger partial charge in [-0.2, -0.15) is 10.2 Å². The summed E-state index contributed by atoms with van der Waals surface area (Å²) >= 11 is 0. The number of hydrogen-bond donors (Lipinski definition) is 0. The molecule has 0 aliphatic heterocycles. The van der Waals surface area contributed by atoms with Gasteiger partial charge in [-0.15, -0.1) is 0 Å². The van der Waals surface area contributed by atoms with Crippen LogP contribution in [0.4, 0.5) is 0 Å². The fourth-order valence-corrected chi connectivity index (χ4v) is 12.9. The zero-order valence-electron chi connectivity index (χ0n) is 59.6. The van der Waals surface area contributed by atoms with Crippen molar-refractivity contribution in [3.05, 3.63) is 305 Å². The van der Waals surface area contributed by atoms with Crippen LogP contribution >= 0.6 is 0 Å². The molecule has 0 bridgehead atoms. The lowest BCUT2D eigenvalue weighted by Crippen LogP contribution is -2.28. The van der Waals surface area contributed by atoms with Crippen molar-refractivity contribution in [2.24, 2.45) is 11.8 Å². The Kier molecular flexibility index (Phi) is 23.3. The van der Waals surface area contributed by atoms with E-state index in [1.165, 1.54) is 110 Å². The Labute approximate surface area is 559 Å². The third-order valence-corrected chi connectivity index (χ3v) is 17.4. The Balaban J connectivity index is 0.000000142. The van der Waals surface area contributed by atoms with Crippen molar-refractivity contribution in [3.8, 4) is 0 Å². The van der Waals surface area contributed by atoms with Crippen LogP contribution in [0.15, 0.2) is 186 Å². The molecule has 15 rings (SSSR count). The topological polar surface area (TPSA) is 129 Å². The van der Waals surface area contributed by atoms with E-state index in [1.54, 1.807) is 0 Å². The van der Waals surface area contributed by atoms with E-state index in [1.807, 2.05) is 96.1 Å². The van der Waals surface area contributed by atoms with Crippen LogP contribution in [0.5, 0.6) is 0 Å². The van der Waals surface area contributed by atoms with E-state index in [0.717, 1.165) is 80.2 Å². The predicted octanol–water partition coefficient (Wildman–Crippen LogP) is 20.3. The molecule has 0 fully saturated rings. The molecular formula is C84H94N10. The highest BCUT2D eigenvalue weighted by molar-refractivity contribution is 6.33. The number of hydrogen-bond acceptors (Lipinski definition) is 10. The van der Waals surface area contributed by atoms with Crippen LogP contribution in [0.3, 0.4) is 0 Å². The van der Waals surface area contributed by atoms with E-state index in [2.05, 4.69) is 264 Å². The fraction of sp³-hybridized carbons (Fsp3) is 0.286. The highest BCUT2D eigenvalue weighted by atomic mass is 15.1. The summed E-state index contributed by atoms with van der Waals surface area (Å²) in [5.74, 6) is 4.34. The van der Waals surface area contributed by atoms with Crippen LogP contribution < -0.4 is 0 Å². The number of aryl methyl sites for hydroxylation is 18. The van der Waals surface area contributed by atoms with Crippen LogP contribution in [-0.2, 0) is 0 Å². The van der Waals surface area contributed by atoms with Crippen molar-refractivity contribution < 1.29 is 0 Å². The van der Waals surface area contributed by atoms with Gasteiger partial charge >= 0.3 is 0 Å². The predicted molar refractivity (Wildman–Crippen MR) is 395 cm³/mol. The van der Waals surface area contributed by atoms with Gasteiger partial charge in [-0.05, 0) is 299 Å². The van der Waals surface area contributed by atoms with E-state index in [0.29, 0.717) is 11.8 Å². The van der Waals surface area contributed by atoms with Crippen molar-refractivity contribution in [2.45, 2.75) is 152 Å². The first-order chi connectivity index (χ1) is 44.6. The fourth-order valence-electron chi connectivity index (χ4n) is 12.9. The molecule has 0 N–H and O–H groups in total. The van der Waals surface area contributed by atoms with Gasteiger partial charge in [-0.25, -0.2) is 24.9 Å². The molecule has 5 aromatic carbocycles. The Morgan fingerprint density at radius 3 is 1.19 bits per heavy atom. The highest BCUT2D eigenvalue weighted by Gasteiger charge is 2.37. The molecule has 6 heterocycles. The summed E-state index contributed by atoms with van der Waals surface area (Å²) in [7, 11) is 0. The van der Waals surface area contributed by atoms with Crippen LogP contribution in [-0.4, -0.2) is 50.1 Å². The maximum atomic E-state index is 4.33. The molecule has 4 aliphatic rings. The molecule has 0 saturated heterocycles. The molecule has 10 heteroatoms. The maximum absolute atomic E-state index is 4.33. The van der Waals surface area contributed by atoms with E-state index in [4.69, 9.17) is 0 Å². The van der Waals surface area contributed by atoms with Crippen molar-refractivity contribution >= 4 is 43.1 Å². The molecule has 0 saturated carbocycles. The molecule has 480 valence electrons. The number of pyridine rings is 3. The van der Waals surface area contributed by atoms with Gasteiger partial charge in [0.05, 0.1) is 11.4 Å². The van der Waals surface area contributed by atoms with Crippen LogP contribution in [0.25, 0.3) is 43.1 Å². The molecule has 2 unspecified atom stereocenters.